The first-order valence-electron chi connectivity index (χ1n) is 4.51. The molecule has 4 heteroatoms. The molecule has 0 radical (unpaired) electrons. The van der Waals surface area contributed by atoms with Crippen LogP contribution in [-0.4, -0.2) is 18.7 Å². The summed E-state index contributed by atoms with van der Waals surface area (Å²) in [5.41, 5.74) is 0. The van der Waals surface area contributed by atoms with Crippen LogP contribution < -0.4 is 0 Å². The van der Waals surface area contributed by atoms with Crippen molar-refractivity contribution in [2.45, 2.75) is 13.3 Å². The van der Waals surface area contributed by atoms with Gasteiger partial charge < -0.3 is 0 Å². The molecule has 0 fully saturated rings. The maximum Gasteiger partial charge on any atom is 0.264 e. The summed E-state index contributed by atoms with van der Waals surface area (Å²) in [4.78, 5) is 0. The highest BCUT2D eigenvalue weighted by atomic mass is 32.2. The molecule has 0 aliphatic carbocycles. The van der Waals surface area contributed by atoms with Crippen molar-refractivity contribution >= 4 is 10.1 Å². The molecule has 0 aromatic heterocycles. The monoisotopic (exact) mass is 230 g/mol. The van der Waals surface area contributed by atoms with Gasteiger partial charge in [-0.2, -0.15) is 8.42 Å². The van der Waals surface area contributed by atoms with E-state index in [2.05, 4.69) is 13.2 Å². The molecule has 0 heterocycles. The van der Waals surface area contributed by atoms with Crippen molar-refractivity contribution in [2.75, 3.05) is 5.75 Å². The summed E-state index contributed by atoms with van der Waals surface area (Å²) < 4.78 is 27.6. The van der Waals surface area contributed by atoms with Gasteiger partial charge in [-0.1, -0.05) is 43.3 Å². The van der Waals surface area contributed by atoms with Crippen LogP contribution in [0.2, 0.25) is 0 Å². The smallest absolute Gasteiger partial charge is 0.264 e. The average molecular weight is 230 g/mol. The van der Waals surface area contributed by atoms with Crippen LogP contribution in [-0.2, 0) is 10.1 Å². The molecule has 0 spiro atoms. The minimum absolute atomic E-state index is 0.132. The summed E-state index contributed by atoms with van der Waals surface area (Å²) in [7, 11) is -3.67. The molecule has 1 aromatic carbocycles. The minimum Gasteiger partial charge on any atom is -0.286 e. The van der Waals surface area contributed by atoms with Crippen molar-refractivity contribution in [3.05, 3.63) is 49.6 Å². The molecule has 3 nitrogen and oxygen atoms in total. The molecule has 0 saturated heterocycles. The summed E-state index contributed by atoms with van der Waals surface area (Å²) in [6.07, 6.45) is 0.471. The maximum absolute atomic E-state index is 9.79. The zero-order valence-electron chi connectivity index (χ0n) is 8.96. The maximum atomic E-state index is 9.79. The van der Waals surface area contributed by atoms with Gasteiger partial charge in [-0.05, 0) is 6.42 Å². The second kappa shape index (κ2) is 10.9. The van der Waals surface area contributed by atoms with Crippen molar-refractivity contribution in [3.63, 3.8) is 0 Å². The molecule has 0 amide bonds. The fraction of sp³-hybridized carbons (Fsp3) is 0.273. The Bertz CT molecular complexity index is 279. The molecule has 0 atom stereocenters. The van der Waals surface area contributed by atoms with Gasteiger partial charge in [0.1, 0.15) is 0 Å². The first kappa shape index (κ1) is 16.3. The second-order valence-corrected chi connectivity index (χ2v) is 4.01. The van der Waals surface area contributed by atoms with Gasteiger partial charge in [0.05, 0.1) is 5.75 Å². The van der Waals surface area contributed by atoms with Gasteiger partial charge in [-0.15, -0.1) is 13.2 Å². The van der Waals surface area contributed by atoms with E-state index in [1.54, 1.807) is 6.92 Å². The van der Waals surface area contributed by atoms with Gasteiger partial charge >= 0.3 is 0 Å². The van der Waals surface area contributed by atoms with E-state index < -0.39 is 10.1 Å². The summed E-state index contributed by atoms with van der Waals surface area (Å²) in [6.45, 7) is 7.69. The second-order valence-electron chi connectivity index (χ2n) is 2.44. The van der Waals surface area contributed by atoms with Crippen LogP contribution in [0.1, 0.15) is 13.3 Å². The Morgan fingerprint density at radius 2 is 1.27 bits per heavy atom. The van der Waals surface area contributed by atoms with E-state index in [1.807, 2.05) is 36.4 Å². The lowest BCUT2D eigenvalue weighted by molar-refractivity contribution is 0.482. The van der Waals surface area contributed by atoms with Gasteiger partial charge in [0.25, 0.3) is 10.1 Å². The van der Waals surface area contributed by atoms with Crippen molar-refractivity contribution in [3.8, 4) is 0 Å². The third-order valence-corrected chi connectivity index (χ3v) is 2.05. The standard InChI is InChI=1S/C6H6.C3H8O3S.C2H4/c1-2-4-6-5-3-1;1-2-3-7(4,5)6;1-2/h1-6H;2-3H2,1H3,(H,4,5,6);1-2H2. The van der Waals surface area contributed by atoms with Crippen molar-refractivity contribution in [1.29, 1.82) is 0 Å². The highest BCUT2D eigenvalue weighted by Gasteiger charge is 1.98. The molecule has 86 valence electrons. The molecule has 0 unspecified atom stereocenters. The fourth-order valence-electron chi connectivity index (χ4n) is 0.643. The van der Waals surface area contributed by atoms with Crippen LogP contribution >= 0.6 is 0 Å². The summed E-state index contributed by atoms with van der Waals surface area (Å²) in [5.74, 6) is -0.132. The lowest BCUT2D eigenvalue weighted by atomic mass is 10.4. The topological polar surface area (TPSA) is 54.4 Å². The Morgan fingerprint density at radius 1 is 1.00 bits per heavy atom. The third kappa shape index (κ3) is 19.3. The fourth-order valence-corrected chi connectivity index (χ4v) is 1.16. The van der Waals surface area contributed by atoms with Gasteiger partial charge in [-0.25, -0.2) is 0 Å². The summed E-state index contributed by atoms with van der Waals surface area (Å²) in [5, 5.41) is 0. The van der Waals surface area contributed by atoms with Crippen LogP contribution in [0.4, 0.5) is 0 Å². The Hall–Kier alpha value is -1.13. The molecule has 0 bridgehead atoms. The molecule has 0 saturated carbocycles. The predicted octanol–water partition coefficient (Wildman–Crippen LogP) is 2.77. The average Bonchev–Trinajstić information content (AvgIpc) is 2.22. The Balaban J connectivity index is 0. The zero-order valence-corrected chi connectivity index (χ0v) is 9.78. The minimum atomic E-state index is -3.67. The van der Waals surface area contributed by atoms with Gasteiger partial charge in [0.2, 0.25) is 0 Å². The third-order valence-electron chi connectivity index (χ3n) is 1.13. The first-order chi connectivity index (χ1) is 7.06. The number of benzene rings is 1. The molecule has 1 rings (SSSR count). The number of hydrogen-bond donors (Lipinski definition) is 1. The molecular formula is C11H18O3S. The van der Waals surface area contributed by atoms with Crippen LogP contribution in [0.5, 0.6) is 0 Å². The van der Waals surface area contributed by atoms with E-state index in [0.29, 0.717) is 6.42 Å². The largest absolute Gasteiger partial charge is 0.286 e. The van der Waals surface area contributed by atoms with Gasteiger partial charge in [-0.3, -0.25) is 4.55 Å². The lowest BCUT2D eigenvalue weighted by Crippen LogP contribution is -2.01. The lowest BCUT2D eigenvalue weighted by Gasteiger charge is -1.85. The van der Waals surface area contributed by atoms with E-state index in [9.17, 15) is 8.42 Å². The van der Waals surface area contributed by atoms with Gasteiger partial charge in [0, 0.05) is 0 Å². The Labute approximate surface area is 92.2 Å². The van der Waals surface area contributed by atoms with Crippen molar-refractivity contribution in [1.82, 2.24) is 0 Å². The van der Waals surface area contributed by atoms with Crippen LogP contribution in [0.3, 0.4) is 0 Å². The van der Waals surface area contributed by atoms with E-state index >= 15 is 0 Å². The first-order valence-corrected chi connectivity index (χ1v) is 6.12. The number of hydrogen-bond acceptors (Lipinski definition) is 2. The van der Waals surface area contributed by atoms with Crippen molar-refractivity contribution < 1.29 is 13.0 Å². The Morgan fingerprint density at radius 3 is 1.33 bits per heavy atom. The molecule has 15 heavy (non-hydrogen) atoms. The van der Waals surface area contributed by atoms with E-state index in [-0.39, 0.29) is 5.75 Å². The summed E-state index contributed by atoms with van der Waals surface area (Å²) in [6, 6.07) is 12.0. The number of rotatable bonds is 2. The van der Waals surface area contributed by atoms with E-state index in [0.717, 1.165) is 0 Å². The van der Waals surface area contributed by atoms with E-state index in [4.69, 9.17) is 4.55 Å². The summed E-state index contributed by atoms with van der Waals surface area (Å²) >= 11 is 0. The highest BCUT2D eigenvalue weighted by molar-refractivity contribution is 7.85. The van der Waals surface area contributed by atoms with E-state index in [1.165, 1.54) is 0 Å². The normalized spacial score (nSPS) is 8.93. The quantitative estimate of drug-likeness (QED) is 0.628. The molecular weight excluding hydrogens is 212 g/mol. The molecule has 1 aromatic rings. The highest BCUT2D eigenvalue weighted by Crippen LogP contribution is 1.83. The van der Waals surface area contributed by atoms with Crippen LogP contribution in [0, 0.1) is 0 Å². The SMILES string of the molecule is C=C.CCCS(=O)(=O)O.c1ccccc1. The van der Waals surface area contributed by atoms with Crippen LogP contribution in [0.15, 0.2) is 49.6 Å². The van der Waals surface area contributed by atoms with Gasteiger partial charge in [0.15, 0.2) is 0 Å². The van der Waals surface area contributed by atoms with Crippen molar-refractivity contribution in [2.24, 2.45) is 0 Å². The predicted molar refractivity (Wildman–Crippen MR) is 64.4 cm³/mol. The zero-order chi connectivity index (χ0) is 12.2. The molecule has 0 aliphatic rings. The van der Waals surface area contributed by atoms with Crippen LogP contribution in [0.25, 0.3) is 0 Å². The molecule has 1 N–H and O–H groups in total. The molecule has 0 aliphatic heterocycles. The Kier molecular flexibility index (Phi) is 11.9.